The number of carbonyl (C=O) groups is 1. The lowest BCUT2D eigenvalue weighted by molar-refractivity contribution is -0.127. The molecular weight excluding hydrogens is 285 g/mol. The van der Waals surface area contributed by atoms with Crippen LogP contribution in [0, 0.1) is 0 Å². The highest BCUT2D eigenvalue weighted by atomic mass is 35.5. The van der Waals surface area contributed by atoms with Gasteiger partial charge in [0.15, 0.2) is 0 Å². The molecule has 4 nitrogen and oxygen atoms in total. The quantitative estimate of drug-likeness (QED) is 0.895. The van der Waals surface area contributed by atoms with E-state index in [0.29, 0.717) is 6.54 Å². The highest BCUT2D eigenvalue weighted by Gasteiger charge is 2.38. The number of hydrogen-bond donors (Lipinski definition) is 2. The van der Waals surface area contributed by atoms with Crippen molar-refractivity contribution in [1.29, 1.82) is 0 Å². The molecule has 1 aromatic heterocycles. The molecule has 19 heavy (non-hydrogen) atoms. The van der Waals surface area contributed by atoms with E-state index in [1.807, 2.05) is 12.1 Å². The van der Waals surface area contributed by atoms with E-state index >= 15 is 0 Å². The molecule has 1 unspecified atom stereocenters. The first-order chi connectivity index (χ1) is 8.27. The van der Waals surface area contributed by atoms with Crippen LogP contribution >= 0.6 is 24.8 Å². The number of nitrogens with zero attached hydrogens (tertiary/aromatic N) is 1. The normalized spacial score (nSPS) is 21.1. The zero-order chi connectivity index (χ0) is 12.1. The van der Waals surface area contributed by atoms with Gasteiger partial charge in [-0.05, 0) is 43.5 Å². The third-order valence-corrected chi connectivity index (χ3v) is 3.48. The van der Waals surface area contributed by atoms with Crippen LogP contribution in [0.25, 0.3) is 0 Å². The molecule has 2 N–H and O–H groups in total. The first-order valence-electron chi connectivity index (χ1n) is 6.19. The molecule has 1 aliphatic heterocycles. The lowest BCUT2D eigenvalue weighted by Gasteiger charge is -2.26. The second-order valence-corrected chi connectivity index (χ2v) is 4.50. The summed E-state index contributed by atoms with van der Waals surface area (Å²) in [7, 11) is 0. The monoisotopic (exact) mass is 305 g/mol. The molecule has 2 heterocycles. The fraction of sp³-hybridized carbons (Fsp3) is 0.538. The Balaban J connectivity index is 0.00000162. The fourth-order valence-electron chi connectivity index (χ4n) is 2.31. The van der Waals surface area contributed by atoms with Crippen molar-refractivity contribution >= 4 is 30.7 Å². The van der Waals surface area contributed by atoms with Crippen LogP contribution in [-0.4, -0.2) is 23.0 Å². The maximum absolute atomic E-state index is 12.2. The van der Waals surface area contributed by atoms with Gasteiger partial charge in [-0.15, -0.1) is 24.8 Å². The largest absolute Gasteiger partial charge is 0.350 e. The minimum atomic E-state index is -0.340. The predicted octanol–water partition coefficient (Wildman–Crippen LogP) is 2.07. The number of aromatic nitrogens is 1. The molecule has 0 aromatic carbocycles. The maximum Gasteiger partial charge on any atom is 0.240 e. The number of nitrogens with one attached hydrogen (secondary N) is 2. The van der Waals surface area contributed by atoms with Gasteiger partial charge < -0.3 is 10.6 Å². The van der Waals surface area contributed by atoms with E-state index in [0.717, 1.165) is 31.4 Å². The summed E-state index contributed by atoms with van der Waals surface area (Å²) in [5.41, 5.74) is 0.741. The summed E-state index contributed by atoms with van der Waals surface area (Å²) in [5, 5.41) is 6.33. The molecule has 0 spiro atoms. The molecule has 0 aliphatic carbocycles. The van der Waals surface area contributed by atoms with E-state index in [2.05, 4.69) is 22.5 Å². The van der Waals surface area contributed by atoms with Crippen molar-refractivity contribution in [2.45, 2.75) is 38.3 Å². The zero-order valence-electron chi connectivity index (χ0n) is 11.0. The number of hydrogen-bond acceptors (Lipinski definition) is 3. The van der Waals surface area contributed by atoms with Gasteiger partial charge in [0.25, 0.3) is 0 Å². The van der Waals surface area contributed by atoms with E-state index in [9.17, 15) is 4.79 Å². The third kappa shape index (κ3) is 4.34. The van der Waals surface area contributed by atoms with E-state index < -0.39 is 0 Å². The Hall–Kier alpha value is -0.840. The van der Waals surface area contributed by atoms with Crippen LogP contribution in [0.15, 0.2) is 24.5 Å². The van der Waals surface area contributed by atoms with Crippen molar-refractivity contribution < 1.29 is 4.79 Å². The van der Waals surface area contributed by atoms with Crippen molar-refractivity contribution in [3.63, 3.8) is 0 Å². The van der Waals surface area contributed by atoms with Gasteiger partial charge in [-0.2, -0.15) is 0 Å². The topological polar surface area (TPSA) is 54.0 Å². The molecule has 1 saturated heterocycles. The van der Waals surface area contributed by atoms with Gasteiger partial charge in [0.2, 0.25) is 5.91 Å². The van der Waals surface area contributed by atoms with Crippen molar-refractivity contribution in [3.05, 3.63) is 30.1 Å². The van der Waals surface area contributed by atoms with Crippen molar-refractivity contribution in [1.82, 2.24) is 15.6 Å². The van der Waals surface area contributed by atoms with Crippen molar-refractivity contribution in [2.24, 2.45) is 0 Å². The average Bonchev–Trinajstić information content (AvgIpc) is 2.87. The second kappa shape index (κ2) is 8.35. The van der Waals surface area contributed by atoms with Crippen LogP contribution in [0.3, 0.4) is 0 Å². The van der Waals surface area contributed by atoms with Gasteiger partial charge in [-0.1, -0.05) is 6.92 Å². The lowest BCUT2D eigenvalue weighted by Crippen LogP contribution is -2.52. The van der Waals surface area contributed by atoms with Gasteiger partial charge >= 0.3 is 0 Å². The Morgan fingerprint density at radius 3 is 2.63 bits per heavy atom. The van der Waals surface area contributed by atoms with Crippen molar-refractivity contribution in [3.8, 4) is 0 Å². The highest BCUT2D eigenvalue weighted by molar-refractivity contribution is 5.86. The SMILES string of the molecule is CCC1(C(=O)NCc2ccncc2)CCCN1.Cl.Cl. The number of amides is 1. The molecule has 1 aromatic rings. The zero-order valence-corrected chi connectivity index (χ0v) is 12.6. The minimum Gasteiger partial charge on any atom is -0.350 e. The van der Waals surface area contributed by atoms with Crippen LogP contribution in [-0.2, 0) is 11.3 Å². The van der Waals surface area contributed by atoms with Crippen LogP contribution in [0.4, 0.5) is 0 Å². The molecule has 2 rings (SSSR count). The van der Waals surface area contributed by atoms with E-state index in [1.165, 1.54) is 0 Å². The summed E-state index contributed by atoms with van der Waals surface area (Å²) in [6.45, 7) is 3.58. The Morgan fingerprint density at radius 1 is 1.42 bits per heavy atom. The van der Waals surface area contributed by atoms with E-state index in [-0.39, 0.29) is 36.3 Å². The van der Waals surface area contributed by atoms with Crippen molar-refractivity contribution in [2.75, 3.05) is 6.54 Å². The Morgan fingerprint density at radius 2 is 2.11 bits per heavy atom. The first kappa shape index (κ1) is 18.2. The molecule has 1 atom stereocenters. The summed E-state index contributed by atoms with van der Waals surface area (Å²) in [6.07, 6.45) is 6.34. The van der Waals surface area contributed by atoms with Crippen LogP contribution in [0.2, 0.25) is 0 Å². The molecule has 1 amide bonds. The average molecular weight is 306 g/mol. The van der Waals surface area contributed by atoms with Gasteiger partial charge in [0.1, 0.15) is 0 Å². The Bertz CT molecular complexity index is 381. The molecule has 6 heteroatoms. The lowest BCUT2D eigenvalue weighted by atomic mass is 9.93. The summed E-state index contributed by atoms with van der Waals surface area (Å²) in [4.78, 5) is 16.1. The first-order valence-corrected chi connectivity index (χ1v) is 6.19. The van der Waals surface area contributed by atoms with Gasteiger partial charge in [-0.25, -0.2) is 0 Å². The summed E-state index contributed by atoms with van der Waals surface area (Å²) >= 11 is 0. The molecule has 0 saturated carbocycles. The maximum atomic E-state index is 12.2. The summed E-state index contributed by atoms with van der Waals surface area (Å²) in [6, 6.07) is 3.84. The number of carbonyl (C=O) groups excluding carboxylic acids is 1. The standard InChI is InChI=1S/C13H19N3O.2ClH/c1-2-13(6-3-7-16-13)12(17)15-10-11-4-8-14-9-5-11;;/h4-5,8-9,16H,2-3,6-7,10H2,1H3,(H,15,17);2*1H. The smallest absolute Gasteiger partial charge is 0.240 e. The molecule has 108 valence electrons. The Labute approximate surface area is 126 Å². The van der Waals surface area contributed by atoms with Gasteiger partial charge in [-0.3, -0.25) is 9.78 Å². The third-order valence-electron chi connectivity index (χ3n) is 3.48. The van der Waals surface area contributed by atoms with Gasteiger partial charge in [0.05, 0.1) is 5.54 Å². The number of halogens is 2. The number of pyridine rings is 1. The summed E-state index contributed by atoms with van der Waals surface area (Å²) < 4.78 is 0. The van der Waals surface area contributed by atoms with Gasteiger partial charge in [0, 0.05) is 18.9 Å². The van der Waals surface area contributed by atoms with E-state index in [4.69, 9.17) is 0 Å². The molecule has 1 aliphatic rings. The molecule has 0 radical (unpaired) electrons. The fourth-order valence-corrected chi connectivity index (χ4v) is 2.31. The van der Waals surface area contributed by atoms with Crippen LogP contribution in [0.5, 0.6) is 0 Å². The highest BCUT2D eigenvalue weighted by Crippen LogP contribution is 2.23. The number of rotatable bonds is 4. The second-order valence-electron chi connectivity index (χ2n) is 4.50. The molecule has 1 fully saturated rings. The molecular formula is C13H21Cl2N3O. The Kier molecular flexibility index (Phi) is 7.99. The van der Waals surface area contributed by atoms with E-state index in [1.54, 1.807) is 12.4 Å². The minimum absolute atomic E-state index is 0. The molecule has 0 bridgehead atoms. The predicted molar refractivity (Wildman–Crippen MR) is 80.8 cm³/mol. The van der Waals surface area contributed by atoms with Crippen LogP contribution < -0.4 is 10.6 Å². The summed E-state index contributed by atoms with van der Waals surface area (Å²) in [5.74, 6) is 0.120. The van der Waals surface area contributed by atoms with Crippen LogP contribution in [0.1, 0.15) is 31.7 Å².